The smallest absolute Gasteiger partial charge is 0.243 e. The molecule has 1 N–H and O–H groups in total. The van der Waals surface area contributed by atoms with E-state index in [1.807, 2.05) is 51.1 Å². The van der Waals surface area contributed by atoms with Crippen molar-refractivity contribution < 1.29 is 4.79 Å². The van der Waals surface area contributed by atoms with Crippen molar-refractivity contribution in [3.05, 3.63) is 53.4 Å². The first-order valence-corrected chi connectivity index (χ1v) is 9.08. The third-order valence-corrected chi connectivity index (χ3v) is 4.44. The fourth-order valence-corrected chi connectivity index (χ4v) is 3.34. The van der Waals surface area contributed by atoms with E-state index in [4.69, 9.17) is 0 Å². The number of rotatable bonds is 6. The average molecular weight is 351 g/mol. The fourth-order valence-electron chi connectivity index (χ4n) is 3.34. The molecule has 3 rings (SSSR count). The van der Waals surface area contributed by atoms with Crippen molar-refractivity contribution in [2.24, 2.45) is 0 Å². The molecule has 2 aromatic heterocycles. The van der Waals surface area contributed by atoms with Gasteiger partial charge >= 0.3 is 0 Å². The molecule has 0 saturated carbocycles. The monoisotopic (exact) mass is 351 g/mol. The Kier molecular flexibility index (Phi) is 5.30. The van der Waals surface area contributed by atoms with Gasteiger partial charge in [0.1, 0.15) is 17.7 Å². The first-order chi connectivity index (χ1) is 12.5. The van der Waals surface area contributed by atoms with Gasteiger partial charge in [-0.3, -0.25) is 4.79 Å². The number of nitrogens with one attached hydrogen (secondary N) is 1. The van der Waals surface area contributed by atoms with Crippen LogP contribution in [-0.4, -0.2) is 25.4 Å². The quantitative estimate of drug-likeness (QED) is 0.740. The lowest BCUT2D eigenvalue weighted by molar-refractivity contribution is -0.124. The Hall–Kier alpha value is -2.76. The second kappa shape index (κ2) is 7.64. The highest BCUT2D eigenvalue weighted by molar-refractivity contribution is 5.84. The SMILES string of the molecule is CCc1nc2ccccc2n1C(CC)C(=O)NCc1nc(C)cc(C)n1. The Morgan fingerprint density at radius 1 is 1.12 bits per heavy atom. The molecule has 26 heavy (non-hydrogen) atoms. The van der Waals surface area contributed by atoms with Crippen LogP contribution < -0.4 is 5.32 Å². The minimum Gasteiger partial charge on any atom is -0.347 e. The molecular weight excluding hydrogens is 326 g/mol. The summed E-state index contributed by atoms with van der Waals surface area (Å²) in [5.41, 5.74) is 3.73. The van der Waals surface area contributed by atoms with Crippen molar-refractivity contribution in [3.63, 3.8) is 0 Å². The summed E-state index contributed by atoms with van der Waals surface area (Å²) >= 11 is 0. The second-order valence-electron chi connectivity index (χ2n) is 6.45. The van der Waals surface area contributed by atoms with E-state index in [0.717, 1.165) is 34.7 Å². The van der Waals surface area contributed by atoms with Gasteiger partial charge in [-0.25, -0.2) is 15.0 Å². The molecule has 0 fully saturated rings. The Morgan fingerprint density at radius 2 is 1.81 bits per heavy atom. The summed E-state index contributed by atoms with van der Waals surface area (Å²) in [7, 11) is 0. The number of nitrogens with zero attached hydrogens (tertiary/aromatic N) is 4. The maximum absolute atomic E-state index is 12.9. The summed E-state index contributed by atoms with van der Waals surface area (Å²) in [6.07, 6.45) is 1.46. The van der Waals surface area contributed by atoms with Crippen LogP contribution >= 0.6 is 0 Å². The molecule has 0 saturated heterocycles. The molecule has 136 valence electrons. The number of amides is 1. The normalized spacial score (nSPS) is 12.3. The van der Waals surface area contributed by atoms with Crippen LogP contribution in [0, 0.1) is 13.8 Å². The van der Waals surface area contributed by atoms with Crippen LogP contribution in [0.2, 0.25) is 0 Å². The van der Waals surface area contributed by atoms with Crippen molar-refractivity contribution in [2.45, 2.75) is 53.1 Å². The number of carbonyl (C=O) groups excluding carboxylic acids is 1. The zero-order chi connectivity index (χ0) is 18.7. The molecule has 1 atom stereocenters. The van der Waals surface area contributed by atoms with E-state index >= 15 is 0 Å². The van der Waals surface area contributed by atoms with Gasteiger partial charge in [0.15, 0.2) is 0 Å². The van der Waals surface area contributed by atoms with Crippen LogP contribution in [0.25, 0.3) is 11.0 Å². The van der Waals surface area contributed by atoms with Gasteiger partial charge in [0.05, 0.1) is 17.6 Å². The van der Waals surface area contributed by atoms with Crippen LogP contribution in [0.1, 0.15) is 49.3 Å². The highest BCUT2D eigenvalue weighted by atomic mass is 16.2. The average Bonchev–Trinajstić information content (AvgIpc) is 2.98. The van der Waals surface area contributed by atoms with Crippen molar-refractivity contribution in [2.75, 3.05) is 0 Å². The van der Waals surface area contributed by atoms with Gasteiger partial charge in [0.2, 0.25) is 5.91 Å². The lowest BCUT2D eigenvalue weighted by Gasteiger charge is -2.19. The molecule has 6 nitrogen and oxygen atoms in total. The van der Waals surface area contributed by atoms with Crippen molar-refractivity contribution >= 4 is 16.9 Å². The minimum atomic E-state index is -0.303. The lowest BCUT2D eigenvalue weighted by atomic mass is 10.2. The number of benzene rings is 1. The Labute approximate surface area is 153 Å². The van der Waals surface area contributed by atoms with Crippen LogP contribution in [0.4, 0.5) is 0 Å². The standard InChI is InChI=1S/C20H25N5O/c1-5-16(20(26)21-12-18-22-13(3)11-14(4)23-18)25-17-10-8-7-9-15(17)24-19(25)6-2/h7-11,16H,5-6,12H2,1-4H3,(H,21,26). The molecule has 1 amide bonds. The third-order valence-electron chi connectivity index (χ3n) is 4.44. The van der Waals surface area contributed by atoms with Crippen molar-refractivity contribution in [3.8, 4) is 0 Å². The number of hydrogen-bond donors (Lipinski definition) is 1. The Bertz CT molecular complexity index is 911. The predicted molar refractivity (Wildman–Crippen MR) is 102 cm³/mol. The molecule has 0 bridgehead atoms. The predicted octanol–water partition coefficient (Wildman–Crippen LogP) is 3.27. The number of para-hydroxylation sites is 2. The van der Waals surface area contributed by atoms with Gasteiger partial charge in [0, 0.05) is 17.8 Å². The number of carbonyl (C=O) groups is 1. The van der Waals surface area contributed by atoms with Gasteiger partial charge < -0.3 is 9.88 Å². The number of fused-ring (bicyclic) bond motifs is 1. The molecule has 2 heterocycles. The molecular formula is C20H25N5O. The van der Waals surface area contributed by atoms with Crippen LogP contribution in [-0.2, 0) is 17.8 Å². The maximum atomic E-state index is 12.9. The largest absolute Gasteiger partial charge is 0.347 e. The summed E-state index contributed by atoms with van der Waals surface area (Å²) < 4.78 is 2.06. The molecule has 1 unspecified atom stereocenters. The molecule has 0 radical (unpaired) electrons. The fraction of sp³-hybridized carbons (Fsp3) is 0.400. The summed E-state index contributed by atoms with van der Waals surface area (Å²) in [6.45, 7) is 8.27. The molecule has 0 aliphatic heterocycles. The second-order valence-corrected chi connectivity index (χ2v) is 6.45. The first kappa shape index (κ1) is 18.0. The summed E-state index contributed by atoms with van der Waals surface area (Å²) in [5.74, 6) is 1.53. The minimum absolute atomic E-state index is 0.0342. The maximum Gasteiger partial charge on any atom is 0.243 e. The van der Waals surface area contributed by atoms with E-state index in [2.05, 4.69) is 31.8 Å². The van der Waals surface area contributed by atoms with E-state index < -0.39 is 0 Å². The zero-order valence-corrected chi connectivity index (χ0v) is 15.8. The molecule has 0 spiro atoms. The Morgan fingerprint density at radius 3 is 2.46 bits per heavy atom. The van der Waals surface area contributed by atoms with E-state index in [0.29, 0.717) is 18.8 Å². The van der Waals surface area contributed by atoms with Gasteiger partial charge in [-0.15, -0.1) is 0 Å². The van der Waals surface area contributed by atoms with Gasteiger partial charge in [-0.05, 0) is 38.5 Å². The molecule has 1 aromatic carbocycles. The third kappa shape index (κ3) is 3.59. The molecule has 6 heteroatoms. The molecule has 0 aliphatic rings. The molecule has 0 aliphatic carbocycles. The number of hydrogen-bond acceptors (Lipinski definition) is 4. The van der Waals surface area contributed by atoms with Gasteiger partial charge in [-0.2, -0.15) is 0 Å². The highest BCUT2D eigenvalue weighted by Gasteiger charge is 2.23. The van der Waals surface area contributed by atoms with Crippen LogP contribution in [0.15, 0.2) is 30.3 Å². The first-order valence-electron chi connectivity index (χ1n) is 9.08. The number of imidazole rings is 1. The summed E-state index contributed by atoms with van der Waals surface area (Å²) in [4.78, 5) is 26.4. The number of aromatic nitrogens is 4. The van der Waals surface area contributed by atoms with Crippen LogP contribution in [0.3, 0.4) is 0 Å². The van der Waals surface area contributed by atoms with Gasteiger partial charge in [-0.1, -0.05) is 26.0 Å². The zero-order valence-electron chi connectivity index (χ0n) is 15.8. The van der Waals surface area contributed by atoms with Crippen LogP contribution in [0.5, 0.6) is 0 Å². The van der Waals surface area contributed by atoms with E-state index in [1.165, 1.54) is 0 Å². The summed E-state index contributed by atoms with van der Waals surface area (Å²) in [6, 6.07) is 9.57. The number of aryl methyl sites for hydroxylation is 3. The topological polar surface area (TPSA) is 72.7 Å². The van der Waals surface area contributed by atoms with E-state index in [-0.39, 0.29) is 11.9 Å². The molecule has 3 aromatic rings. The summed E-state index contributed by atoms with van der Waals surface area (Å²) in [5, 5.41) is 3.00. The van der Waals surface area contributed by atoms with E-state index in [9.17, 15) is 4.79 Å². The van der Waals surface area contributed by atoms with Gasteiger partial charge in [0.25, 0.3) is 0 Å². The Balaban J connectivity index is 1.85. The highest BCUT2D eigenvalue weighted by Crippen LogP contribution is 2.24. The van der Waals surface area contributed by atoms with E-state index in [1.54, 1.807) is 0 Å². The van der Waals surface area contributed by atoms with Crippen molar-refractivity contribution in [1.82, 2.24) is 24.8 Å². The van der Waals surface area contributed by atoms with Crippen molar-refractivity contribution in [1.29, 1.82) is 0 Å². The lowest BCUT2D eigenvalue weighted by Crippen LogP contribution is -2.33.